The third kappa shape index (κ3) is 0.982. The van der Waals surface area contributed by atoms with Crippen LogP contribution in [0, 0.1) is 0 Å². The molecule has 0 radical (unpaired) electrons. The van der Waals surface area contributed by atoms with Crippen molar-refractivity contribution >= 4 is 5.78 Å². The molecule has 0 N–H and O–H groups in total. The van der Waals surface area contributed by atoms with Crippen molar-refractivity contribution in [2.24, 2.45) is 0 Å². The minimum Gasteiger partial charge on any atom is -0.356 e. The molecule has 0 saturated carbocycles. The minimum atomic E-state index is -0.385. The maximum absolute atomic E-state index is 11.1. The lowest BCUT2D eigenvalue weighted by Gasteiger charge is -2.21. The van der Waals surface area contributed by atoms with E-state index in [1.165, 1.54) is 0 Å². The van der Waals surface area contributed by atoms with Crippen molar-refractivity contribution in [1.29, 1.82) is 0 Å². The maximum atomic E-state index is 11.1. The molecule has 0 aromatic heterocycles. The topological polar surface area (TPSA) is 48.1 Å². The van der Waals surface area contributed by atoms with Gasteiger partial charge in [-0.05, 0) is 6.92 Å². The summed E-state index contributed by atoms with van der Waals surface area (Å²) in [6, 6.07) is 0. The van der Waals surface area contributed by atoms with Crippen LogP contribution < -0.4 is 0 Å². The van der Waals surface area contributed by atoms with E-state index in [1.807, 2.05) is 0 Å². The zero-order chi connectivity index (χ0) is 8.01. The van der Waals surface area contributed by atoms with Crippen molar-refractivity contribution in [1.82, 2.24) is 0 Å². The number of Topliss-reactive ketones (excluding diaryl/α,β-unsaturated/α-hetero) is 1. The molecule has 0 amide bonds. The third-order valence-corrected chi connectivity index (χ3v) is 2.05. The van der Waals surface area contributed by atoms with Crippen molar-refractivity contribution in [2.45, 2.75) is 31.5 Å². The summed E-state index contributed by atoms with van der Waals surface area (Å²) in [6.07, 6.45) is -1.15. The lowest BCUT2D eigenvalue weighted by atomic mass is 10.1. The highest BCUT2D eigenvalue weighted by atomic mass is 16.7. The number of ether oxygens (including phenoxy) is 3. The van der Waals surface area contributed by atoms with E-state index < -0.39 is 0 Å². The summed E-state index contributed by atoms with van der Waals surface area (Å²) < 4.78 is 15.2. The van der Waals surface area contributed by atoms with Gasteiger partial charge in [-0.25, -0.2) is 0 Å². The van der Waals surface area contributed by atoms with Crippen molar-refractivity contribution in [3.8, 4) is 0 Å². The van der Waals surface area contributed by atoms with E-state index in [0.717, 1.165) is 0 Å². The van der Waals surface area contributed by atoms with E-state index >= 15 is 0 Å². The molecular weight excluding hydrogens is 148 g/mol. The van der Waals surface area contributed by atoms with Crippen LogP contribution in [0.15, 0.2) is 0 Å². The smallest absolute Gasteiger partial charge is 0.192 e. The van der Waals surface area contributed by atoms with Gasteiger partial charge in [-0.3, -0.25) is 4.79 Å². The number of epoxide rings is 1. The average Bonchev–Trinajstić information content (AvgIpc) is 2.76. The zero-order valence-electron chi connectivity index (χ0n) is 6.44. The molecule has 2 saturated heterocycles. The van der Waals surface area contributed by atoms with Gasteiger partial charge in [-0.2, -0.15) is 0 Å². The van der Waals surface area contributed by atoms with E-state index in [-0.39, 0.29) is 30.4 Å². The summed E-state index contributed by atoms with van der Waals surface area (Å²) >= 11 is 0. The molecule has 0 unspecified atom stereocenters. The highest BCUT2D eigenvalue weighted by Crippen LogP contribution is 2.34. The Morgan fingerprint density at radius 2 is 2.18 bits per heavy atom. The van der Waals surface area contributed by atoms with E-state index in [1.54, 1.807) is 14.0 Å². The first kappa shape index (κ1) is 7.21. The van der Waals surface area contributed by atoms with Gasteiger partial charge >= 0.3 is 0 Å². The number of carbonyl (C=O) groups excluding carboxylic acids is 1. The van der Waals surface area contributed by atoms with Crippen LogP contribution >= 0.6 is 0 Å². The van der Waals surface area contributed by atoms with Gasteiger partial charge in [0.05, 0.1) is 0 Å². The van der Waals surface area contributed by atoms with Gasteiger partial charge in [-0.1, -0.05) is 0 Å². The lowest BCUT2D eigenvalue weighted by Crippen LogP contribution is -2.40. The molecule has 0 aliphatic carbocycles. The van der Waals surface area contributed by atoms with Crippen LogP contribution in [0.2, 0.25) is 0 Å². The largest absolute Gasteiger partial charge is 0.356 e. The average molecular weight is 158 g/mol. The normalized spacial score (nSPS) is 48.7. The van der Waals surface area contributed by atoms with Crippen LogP contribution in [-0.4, -0.2) is 37.5 Å². The van der Waals surface area contributed by atoms with Gasteiger partial charge in [-0.15, -0.1) is 0 Å². The lowest BCUT2D eigenvalue weighted by molar-refractivity contribution is -0.177. The molecule has 2 rings (SSSR count). The monoisotopic (exact) mass is 158 g/mol. The molecule has 0 spiro atoms. The number of methoxy groups -OCH3 is 1. The summed E-state index contributed by atoms with van der Waals surface area (Å²) in [5.41, 5.74) is 0. The summed E-state index contributed by atoms with van der Waals surface area (Å²) in [6.45, 7) is 1.71. The Kier molecular flexibility index (Phi) is 1.49. The Morgan fingerprint density at radius 1 is 1.45 bits per heavy atom. The van der Waals surface area contributed by atoms with Gasteiger partial charge in [0.25, 0.3) is 0 Å². The molecule has 62 valence electrons. The number of hydrogen-bond donors (Lipinski definition) is 0. The van der Waals surface area contributed by atoms with E-state index in [4.69, 9.17) is 14.2 Å². The first-order chi connectivity index (χ1) is 5.24. The second-order valence-electron chi connectivity index (χ2n) is 2.81. The molecule has 4 heteroatoms. The van der Waals surface area contributed by atoms with Crippen LogP contribution in [0.3, 0.4) is 0 Å². The molecule has 2 heterocycles. The molecule has 2 aliphatic heterocycles. The summed E-state index contributed by atoms with van der Waals surface area (Å²) in [7, 11) is 1.55. The third-order valence-electron chi connectivity index (χ3n) is 2.05. The molecule has 0 aromatic carbocycles. The first-order valence-corrected chi connectivity index (χ1v) is 3.61. The van der Waals surface area contributed by atoms with E-state index in [9.17, 15) is 4.79 Å². The maximum Gasteiger partial charge on any atom is 0.192 e. The van der Waals surface area contributed by atoms with Gasteiger partial charge in [0.15, 0.2) is 18.2 Å². The second kappa shape index (κ2) is 2.27. The standard InChI is InChI=1S/C7H10O4/c1-3-4(8)5-6(11-5)7(9-2)10-3/h3,5-7H,1-2H3/t3-,5-,6-,7+/m0/s1. The van der Waals surface area contributed by atoms with Gasteiger partial charge in [0, 0.05) is 7.11 Å². The molecule has 0 bridgehead atoms. The van der Waals surface area contributed by atoms with Crippen LogP contribution in [0.5, 0.6) is 0 Å². The second-order valence-corrected chi connectivity index (χ2v) is 2.81. The van der Waals surface area contributed by atoms with Crippen LogP contribution in [0.25, 0.3) is 0 Å². The predicted octanol–water partition coefficient (Wildman–Crippen LogP) is -0.286. The highest BCUT2D eigenvalue weighted by Gasteiger charge is 2.56. The van der Waals surface area contributed by atoms with Crippen molar-refractivity contribution in [2.75, 3.05) is 7.11 Å². The fraction of sp³-hybridized carbons (Fsp3) is 0.857. The van der Waals surface area contributed by atoms with Crippen LogP contribution in [-0.2, 0) is 19.0 Å². The number of rotatable bonds is 1. The van der Waals surface area contributed by atoms with Crippen LogP contribution in [0.4, 0.5) is 0 Å². The highest BCUT2D eigenvalue weighted by molar-refractivity contribution is 5.90. The Labute approximate surface area is 64.4 Å². The zero-order valence-corrected chi connectivity index (χ0v) is 6.44. The molecule has 4 nitrogen and oxygen atoms in total. The molecule has 2 aliphatic rings. The molecular formula is C7H10O4. The fourth-order valence-electron chi connectivity index (χ4n) is 1.33. The fourth-order valence-corrected chi connectivity index (χ4v) is 1.33. The quantitative estimate of drug-likeness (QED) is 0.492. The number of fused-ring (bicyclic) bond motifs is 1. The van der Waals surface area contributed by atoms with Crippen molar-refractivity contribution in [3.05, 3.63) is 0 Å². The Balaban J connectivity index is 2.07. The van der Waals surface area contributed by atoms with Crippen molar-refractivity contribution in [3.63, 3.8) is 0 Å². The van der Waals surface area contributed by atoms with Gasteiger partial charge in [0.2, 0.25) is 0 Å². The Hall–Kier alpha value is -0.450. The SMILES string of the molecule is CO[C@@H]1O[C@@H](C)C(=O)[C@@H]2O[C@H]12. The number of hydrogen-bond acceptors (Lipinski definition) is 4. The van der Waals surface area contributed by atoms with Gasteiger partial charge in [0.1, 0.15) is 12.2 Å². The molecule has 4 atom stereocenters. The van der Waals surface area contributed by atoms with E-state index in [2.05, 4.69) is 0 Å². The first-order valence-electron chi connectivity index (χ1n) is 3.61. The minimum absolute atomic E-state index is 0.0308. The number of carbonyl (C=O) groups is 1. The van der Waals surface area contributed by atoms with Crippen molar-refractivity contribution < 1.29 is 19.0 Å². The molecule has 11 heavy (non-hydrogen) atoms. The summed E-state index contributed by atoms with van der Waals surface area (Å²) in [5, 5.41) is 0. The summed E-state index contributed by atoms with van der Waals surface area (Å²) in [4.78, 5) is 11.1. The Bertz CT molecular complexity index is 187. The van der Waals surface area contributed by atoms with E-state index in [0.29, 0.717) is 0 Å². The molecule has 0 aromatic rings. The Morgan fingerprint density at radius 3 is 2.82 bits per heavy atom. The summed E-state index contributed by atoms with van der Waals surface area (Å²) in [5.74, 6) is 0.0308. The van der Waals surface area contributed by atoms with Gasteiger partial charge < -0.3 is 14.2 Å². The predicted molar refractivity (Wildman–Crippen MR) is 35.0 cm³/mol. The molecule has 2 fully saturated rings. The number of ketones is 1. The van der Waals surface area contributed by atoms with Crippen LogP contribution in [0.1, 0.15) is 6.92 Å².